The minimum absolute atomic E-state index is 0.502. The quantitative estimate of drug-likeness (QED) is 0.839. The van der Waals surface area contributed by atoms with Crippen LogP contribution in [0.1, 0.15) is 56.1 Å². The van der Waals surface area contributed by atoms with E-state index in [1.165, 1.54) is 56.1 Å². The Hall–Kier alpha value is -0.860. The Kier molecular flexibility index (Phi) is 4.52. The predicted octanol–water partition coefficient (Wildman–Crippen LogP) is 3.79. The van der Waals surface area contributed by atoms with Crippen LogP contribution in [-0.4, -0.2) is 12.1 Å². The molecule has 2 fully saturated rings. The third-order valence-electron chi connectivity index (χ3n) is 4.20. The van der Waals surface area contributed by atoms with Crippen LogP contribution in [-0.2, 0) is 17.9 Å². The average molecular weight is 259 g/mol. The summed E-state index contributed by atoms with van der Waals surface area (Å²) in [5.41, 5.74) is 2.71. The van der Waals surface area contributed by atoms with Gasteiger partial charge in [-0.05, 0) is 36.8 Å². The van der Waals surface area contributed by atoms with Gasteiger partial charge in [-0.1, -0.05) is 43.5 Å². The maximum Gasteiger partial charge on any atom is 0.0720 e. The lowest BCUT2D eigenvalue weighted by Crippen LogP contribution is -2.17. The van der Waals surface area contributed by atoms with Gasteiger partial charge in [0.05, 0.1) is 12.7 Å². The molecule has 0 amide bonds. The molecular weight excluding hydrogens is 234 g/mol. The number of hydrogen-bond acceptors (Lipinski definition) is 2. The molecule has 19 heavy (non-hydrogen) atoms. The molecule has 0 aliphatic heterocycles. The lowest BCUT2D eigenvalue weighted by molar-refractivity contribution is 0.0168. The van der Waals surface area contributed by atoms with Crippen LogP contribution in [0.15, 0.2) is 24.3 Å². The standard InChI is InChI=1S/C17H25NO/c1-2-7-17(8-3-1)19-13-15-6-4-5-14(11-15)12-18-16-9-10-16/h4-6,11,16-18H,1-3,7-10,12-13H2. The van der Waals surface area contributed by atoms with Crippen molar-refractivity contribution in [1.82, 2.24) is 5.32 Å². The largest absolute Gasteiger partial charge is 0.374 e. The summed E-state index contributed by atoms with van der Waals surface area (Å²) < 4.78 is 6.04. The highest BCUT2D eigenvalue weighted by atomic mass is 16.5. The Balaban J connectivity index is 1.47. The van der Waals surface area contributed by atoms with Crippen molar-refractivity contribution in [1.29, 1.82) is 0 Å². The summed E-state index contributed by atoms with van der Waals surface area (Å²) in [7, 11) is 0. The summed E-state index contributed by atoms with van der Waals surface area (Å²) in [5.74, 6) is 0. The highest BCUT2D eigenvalue weighted by molar-refractivity contribution is 5.23. The molecular formula is C17H25NO. The van der Waals surface area contributed by atoms with Crippen molar-refractivity contribution < 1.29 is 4.74 Å². The van der Waals surface area contributed by atoms with Crippen LogP contribution in [0.3, 0.4) is 0 Å². The molecule has 2 nitrogen and oxygen atoms in total. The topological polar surface area (TPSA) is 21.3 Å². The van der Waals surface area contributed by atoms with Crippen molar-refractivity contribution in [2.24, 2.45) is 0 Å². The molecule has 0 aromatic heterocycles. The van der Waals surface area contributed by atoms with Gasteiger partial charge in [0.1, 0.15) is 0 Å². The van der Waals surface area contributed by atoms with Crippen LogP contribution in [0.25, 0.3) is 0 Å². The van der Waals surface area contributed by atoms with Crippen molar-refractivity contribution in [3.63, 3.8) is 0 Å². The molecule has 2 saturated carbocycles. The Bertz CT molecular complexity index is 394. The monoisotopic (exact) mass is 259 g/mol. The highest BCUT2D eigenvalue weighted by Crippen LogP contribution is 2.22. The van der Waals surface area contributed by atoms with Gasteiger partial charge in [-0.2, -0.15) is 0 Å². The van der Waals surface area contributed by atoms with Crippen LogP contribution in [0.2, 0.25) is 0 Å². The molecule has 0 unspecified atom stereocenters. The number of hydrogen-bond donors (Lipinski definition) is 1. The Labute approximate surface area is 116 Å². The molecule has 0 radical (unpaired) electrons. The fraction of sp³-hybridized carbons (Fsp3) is 0.647. The van der Waals surface area contributed by atoms with Crippen LogP contribution < -0.4 is 5.32 Å². The molecule has 2 aliphatic carbocycles. The van der Waals surface area contributed by atoms with Gasteiger partial charge < -0.3 is 10.1 Å². The minimum atomic E-state index is 0.502. The SMILES string of the molecule is c1cc(CNC2CC2)cc(COC2CCCCC2)c1. The number of ether oxygens (including phenoxy) is 1. The van der Waals surface area contributed by atoms with Crippen LogP contribution in [0.5, 0.6) is 0 Å². The normalized spacial score (nSPS) is 20.6. The molecule has 0 saturated heterocycles. The van der Waals surface area contributed by atoms with Crippen LogP contribution in [0, 0.1) is 0 Å². The third-order valence-corrected chi connectivity index (χ3v) is 4.20. The van der Waals surface area contributed by atoms with E-state index in [0.717, 1.165) is 19.2 Å². The van der Waals surface area contributed by atoms with E-state index in [9.17, 15) is 0 Å². The Morgan fingerprint density at radius 3 is 2.58 bits per heavy atom. The van der Waals surface area contributed by atoms with E-state index in [-0.39, 0.29) is 0 Å². The van der Waals surface area contributed by atoms with Crippen molar-refractivity contribution in [3.8, 4) is 0 Å². The second-order valence-corrected chi connectivity index (χ2v) is 6.05. The summed E-state index contributed by atoms with van der Waals surface area (Å²) in [6.07, 6.45) is 9.79. The minimum Gasteiger partial charge on any atom is -0.374 e. The first kappa shape index (κ1) is 13.1. The van der Waals surface area contributed by atoms with E-state index in [4.69, 9.17) is 4.74 Å². The highest BCUT2D eigenvalue weighted by Gasteiger charge is 2.19. The second-order valence-electron chi connectivity index (χ2n) is 6.05. The Morgan fingerprint density at radius 2 is 1.79 bits per heavy atom. The van der Waals surface area contributed by atoms with Gasteiger partial charge in [0.2, 0.25) is 0 Å². The molecule has 0 heterocycles. The molecule has 2 aliphatic rings. The van der Waals surface area contributed by atoms with E-state index < -0.39 is 0 Å². The zero-order valence-corrected chi connectivity index (χ0v) is 11.7. The lowest BCUT2D eigenvalue weighted by Gasteiger charge is -2.22. The number of benzene rings is 1. The predicted molar refractivity (Wildman–Crippen MR) is 78.0 cm³/mol. The maximum atomic E-state index is 6.04. The average Bonchev–Trinajstić information content (AvgIpc) is 3.29. The van der Waals surface area contributed by atoms with E-state index >= 15 is 0 Å². The summed E-state index contributed by atoms with van der Waals surface area (Å²) in [5, 5.41) is 3.56. The molecule has 1 N–H and O–H groups in total. The van der Waals surface area contributed by atoms with Gasteiger partial charge >= 0.3 is 0 Å². The zero-order chi connectivity index (χ0) is 12.9. The number of rotatable bonds is 6. The Morgan fingerprint density at radius 1 is 1.00 bits per heavy atom. The van der Waals surface area contributed by atoms with Crippen molar-refractivity contribution in [2.45, 2.75) is 70.2 Å². The first-order valence-electron chi connectivity index (χ1n) is 7.83. The summed E-state index contributed by atoms with van der Waals surface area (Å²) in [6.45, 7) is 1.78. The molecule has 0 spiro atoms. The van der Waals surface area contributed by atoms with Crippen LogP contribution in [0.4, 0.5) is 0 Å². The van der Waals surface area contributed by atoms with Gasteiger partial charge in [0.25, 0.3) is 0 Å². The van der Waals surface area contributed by atoms with Gasteiger partial charge in [-0.3, -0.25) is 0 Å². The molecule has 2 heteroatoms. The lowest BCUT2D eigenvalue weighted by atomic mass is 9.98. The van der Waals surface area contributed by atoms with E-state index in [1.54, 1.807) is 0 Å². The molecule has 0 bridgehead atoms. The van der Waals surface area contributed by atoms with Crippen molar-refractivity contribution in [3.05, 3.63) is 35.4 Å². The molecule has 104 valence electrons. The van der Waals surface area contributed by atoms with Crippen molar-refractivity contribution >= 4 is 0 Å². The van der Waals surface area contributed by atoms with Gasteiger partial charge in [-0.25, -0.2) is 0 Å². The second kappa shape index (κ2) is 6.53. The van der Waals surface area contributed by atoms with Crippen LogP contribution >= 0.6 is 0 Å². The summed E-state index contributed by atoms with van der Waals surface area (Å²) >= 11 is 0. The first-order chi connectivity index (χ1) is 9.40. The van der Waals surface area contributed by atoms with E-state index in [2.05, 4.69) is 29.6 Å². The fourth-order valence-corrected chi connectivity index (χ4v) is 2.82. The zero-order valence-electron chi connectivity index (χ0n) is 11.7. The first-order valence-corrected chi connectivity index (χ1v) is 7.83. The third kappa shape index (κ3) is 4.32. The molecule has 3 rings (SSSR count). The smallest absolute Gasteiger partial charge is 0.0720 e. The molecule has 1 aromatic rings. The number of nitrogens with one attached hydrogen (secondary N) is 1. The van der Waals surface area contributed by atoms with Gasteiger partial charge in [0, 0.05) is 12.6 Å². The van der Waals surface area contributed by atoms with Gasteiger partial charge in [-0.15, -0.1) is 0 Å². The summed E-state index contributed by atoms with van der Waals surface area (Å²) in [4.78, 5) is 0. The fourth-order valence-electron chi connectivity index (χ4n) is 2.82. The summed E-state index contributed by atoms with van der Waals surface area (Å²) in [6, 6.07) is 9.62. The van der Waals surface area contributed by atoms with Crippen molar-refractivity contribution in [2.75, 3.05) is 0 Å². The molecule has 1 aromatic carbocycles. The molecule has 0 atom stereocenters. The maximum absolute atomic E-state index is 6.04. The van der Waals surface area contributed by atoms with Gasteiger partial charge in [0.15, 0.2) is 0 Å². The van der Waals surface area contributed by atoms with E-state index in [1.807, 2.05) is 0 Å². The van der Waals surface area contributed by atoms with E-state index in [0.29, 0.717) is 6.10 Å².